The summed E-state index contributed by atoms with van der Waals surface area (Å²) in [6.07, 6.45) is 2.70. The molecule has 0 fully saturated rings. The highest BCUT2D eigenvalue weighted by molar-refractivity contribution is 6.40. The molecule has 0 spiro atoms. The van der Waals surface area contributed by atoms with Gasteiger partial charge in [-0.05, 0) is 51.0 Å². The van der Waals surface area contributed by atoms with Crippen LogP contribution in [0.1, 0.15) is 48.0 Å². The summed E-state index contributed by atoms with van der Waals surface area (Å²) in [6, 6.07) is 7.42. The number of aromatic nitrogens is 4. The fraction of sp³-hybridized carbons (Fsp3) is 0.357. The molecule has 1 N–H and O–H groups in total. The average molecular weight is 554 g/mol. The third kappa shape index (κ3) is 4.96. The molecule has 0 amide bonds. The molecular weight excluding hydrogens is 525 g/mol. The Kier molecular flexibility index (Phi) is 7.56. The number of halogens is 2. The van der Waals surface area contributed by atoms with Crippen LogP contribution < -0.4 is 9.64 Å². The zero-order chi connectivity index (χ0) is 27.0. The molecule has 1 aromatic carbocycles. The normalized spacial score (nSPS) is 13.6. The molecule has 0 radical (unpaired) electrons. The van der Waals surface area contributed by atoms with Crippen LogP contribution in [0.5, 0.6) is 5.75 Å². The van der Waals surface area contributed by atoms with E-state index in [-0.39, 0.29) is 11.6 Å². The van der Waals surface area contributed by atoms with Gasteiger partial charge in [-0.3, -0.25) is 4.98 Å². The molecule has 4 aromatic rings. The van der Waals surface area contributed by atoms with Gasteiger partial charge >= 0.3 is 0 Å². The predicted molar refractivity (Wildman–Crippen MR) is 148 cm³/mol. The van der Waals surface area contributed by atoms with Crippen LogP contribution in [-0.4, -0.2) is 37.9 Å². The Bertz CT molecular complexity index is 1450. The van der Waals surface area contributed by atoms with Crippen molar-refractivity contribution < 1.29 is 14.4 Å². The van der Waals surface area contributed by atoms with Gasteiger partial charge in [0.05, 0.1) is 50.9 Å². The summed E-state index contributed by atoms with van der Waals surface area (Å²) in [4.78, 5) is 16.6. The molecule has 0 bridgehead atoms. The third-order valence-corrected chi connectivity index (χ3v) is 7.40. The second-order valence-corrected chi connectivity index (χ2v) is 10.3. The highest BCUT2D eigenvalue weighted by atomic mass is 35.5. The number of anilines is 1. The lowest BCUT2D eigenvalue weighted by molar-refractivity contribution is 0.0994. The summed E-state index contributed by atoms with van der Waals surface area (Å²) in [5.74, 6) is 2.18. The maximum atomic E-state index is 10.2. The van der Waals surface area contributed by atoms with Crippen LogP contribution >= 0.6 is 23.2 Å². The first-order valence-electron chi connectivity index (χ1n) is 12.6. The summed E-state index contributed by atoms with van der Waals surface area (Å²) < 4.78 is 11.3. The Morgan fingerprint density at radius 1 is 1.11 bits per heavy atom. The minimum Gasteiger partial charge on any atom is -0.489 e. The fourth-order valence-corrected chi connectivity index (χ4v) is 5.39. The summed E-state index contributed by atoms with van der Waals surface area (Å²) in [7, 11) is 0. The maximum absolute atomic E-state index is 10.2. The standard InChI is InChI=1S/C28H29Cl2N5O3/c1-5-7-19(36)14-37-22-10-9-20(29)24(25(22)30)27-32-26(23-16(3)34-38-17(23)4)15(2)28(33-27)35-12-18-8-6-11-31-21(18)13-35/h6,8-11,19,36H,5,7,12-14H2,1-4H3/t19-/m1/s1. The summed E-state index contributed by atoms with van der Waals surface area (Å²) >= 11 is 13.5. The Morgan fingerprint density at radius 2 is 1.92 bits per heavy atom. The van der Waals surface area contributed by atoms with Crippen molar-refractivity contribution in [1.82, 2.24) is 20.1 Å². The number of hydrogen-bond donors (Lipinski definition) is 1. The molecule has 1 aliphatic rings. The van der Waals surface area contributed by atoms with Crippen LogP contribution in [0, 0.1) is 20.8 Å². The van der Waals surface area contributed by atoms with Crippen LogP contribution in [-0.2, 0) is 13.1 Å². The molecule has 8 nitrogen and oxygen atoms in total. The van der Waals surface area contributed by atoms with Gasteiger partial charge in [0.2, 0.25) is 0 Å². The first-order valence-corrected chi connectivity index (χ1v) is 13.3. The van der Waals surface area contributed by atoms with E-state index in [2.05, 4.69) is 21.1 Å². The number of hydrogen-bond acceptors (Lipinski definition) is 8. The van der Waals surface area contributed by atoms with Crippen molar-refractivity contribution in [2.45, 2.75) is 59.7 Å². The van der Waals surface area contributed by atoms with Crippen molar-refractivity contribution in [1.29, 1.82) is 0 Å². The molecule has 3 aromatic heterocycles. The zero-order valence-electron chi connectivity index (χ0n) is 21.8. The van der Waals surface area contributed by atoms with Gasteiger partial charge in [0.15, 0.2) is 5.82 Å². The molecule has 0 aliphatic carbocycles. The van der Waals surface area contributed by atoms with E-state index in [1.54, 1.807) is 18.3 Å². The Labute approximate surface area is 231 Å². The molecule has 1 aliphatic heterocycles. The van der Waals surface area contributed by atoms with Gasteiger partial charge in [-0.15, -0.1) is 0 Å². The molecule has 5 rings (SSSR count). The Hall–Kier alpha value is -3.20. The molecule has 38 heavy (non-hydrogen) atoms. The lowest BCUT2D eigenvalue weighted by Crippen LogP contribution is -2.19. The van der Waals surface area contributed by atoms with Gasteiger partial charge in [-0.1, -0.05) is 47.8 Å². The van der Waals surface area contributed by atoms with Gasteiger partial charge in [0.1, 0.15) is 23.9 Å². The minimum atomic E-state index is -0.589. The van der Waals surface area contributed by atoms with E-state index < -0.39 is 6.10 Å². The van der Waals surface area contributed by atoms with Crippen molar-refractivity contribution in [2.75, 3.05) is 11.5 Å². The fourth-order valence-electron chi connectivity index (χ4n) is 4.79. The van der Waals surface area contributed by atoms with Crippen molar-refractivity contribution in [2.24, 2.45) is 0 Å². The van der Waals surface area contributed by atoms with Crippen molar-refractivity contribution in [3.05, 3.63) is 68.8 Å². The maximum Gasteiger partial charge on any atom is 0.165 e. The molecule has 0 saturated heterocycles. The van der Waals surface area contributed by atoms with E-state index in [0.717, 1.165) is 40.3 Å². The lowest BCUT2D eigenvalue weighted by atomic mass is 10.0. The van der Waals surface area contributed by atoms with E-state index in [0.29, 0.717) is 53.1 Å². The molecule has 4 heterocycles. The van der Waals surface area contributed by atoms with Crippen LogP contribution in [0.3, 0.4) is 0 Å². The number of aliphatic hydroxyl groups excluding tert-OH is 1. The van der Waals surface area contributed by atoms with Crippen molar-refractivity contribution in [3.8, 4) is 28.4 Å². The summed E-state index contributed by atoms with van der Waals surface area (Å²) in [5.41, 5.74) is 5.75. The number of ether oxygens (including phenoxy) is 1. The number of fused-ring (bicyclic) bond motifs is 1. The zero-order valence-corrected chi connectivity index (χ0v) is 23.3. The summed E-state index contributed by atoms with van der Waals surface area (Å²) in [6.45, 7) is 9.16. The Balaban J connectivity index is 1.64. The van der Waals surface area contributed by atoms with Crippen molar-refractivity contribution >= 4 is 29.0 Å². The number of pyridine rings is 1. The number of benzene rings is 1. The molecular formula is C28H29Cl2N5O3. The first kappa shape index (κ1) is 26.4. The van der Waals surface area contributed by atoms with E-state index in [1.807, 2.05) is 33.8 Å². The smallest absolute Gasteiger partial charge is 0.165 e. The van der Waals surface area contributed by atoms with Crippen LogP contribution in [0.15, 0.2) is 35.0 Å². The SMILES string of the molecule is CCC[C@@H](O)COc1ccc(Cl)c(-c2nc(-c3c(C)noc3C)c(C)c(N3Cc4cccnc4C3)n2)c1Cl. The topological polar surface area (TPSA) is 97.4 Å². The second-order valence-electron chi connectivity index (χ2n) is 9.50. The highest BCUT2D eigenvalue weighted by Gasteiger charge is 2.28. The van der Waals surface area contributed by atoms with E-state index in [9.17, 15) is 5.11 Å². The highest BCUT2D eigenvalue weighted by Crippen LogP contribution is 2.43. The van der Waals surface area contributed by atoms with Gasteiger partial charge < -0.3 is 19.3 Å². The van der Waals surface area contributed by atoms with Crippen molar-refractivity contribution in [3.63, 3.8) is 0 Å². The minimum absolute atomic E-state index is 0.123. The Morgan fingerprint density at radius 3 is 2.63 bits per heavy atom. The van der Waals surface area contributed by atoms with Crippen LogP contribution in [0.2, 0.25) is 10.0 Å². The molecule has 10 heteroatoms. The van der Waals surface area contributed by atoms with Gasteiger partial charge in [0, 0.05) is 18.3 Å². The lowest BCUT2D eigenvalue weighted by Gasteiger charge is -2.22. The van der Waals surface area contributed by atoms with Crippen LogP contribution in [0.4, 0.5) is 5.82 Å². The monoisotopic (exact) mass is 553 g/mol. The number of nitrogens with zero attached hydrogens (tertiary/aromatic N) is 5. The molecule has 1 atom stereocenters. The first-order chi connectivity index (χ1) is 18.3. The van der Waals surface area contributed by atoms with Crippen LogP contribution in [0.25, 0.3) is 22.6 Å². The second kappa shape index (κ2) is 10.9. The molecule has 0 unspecified atom stereocenters. The summed E-state index contributed by atoms with van der Waals surface area (Å²) in [5, 5.41) is 15.0. The van der Waals surface area contributed by atoms with Gasteiger partial charge in [0.25, 0.3) is 0 Å². The van der Waals surface area contributed by atoms with E-state index in [4.69, 9.17) is 42.4 Å². The van der Waals surface area contributed by atoms with Gasteiger partial charge in [-0.25, -0.2) is 9.97 Å². The largest absolute Gasteiger partial charge is 0.489 e. The quantitative estimate of drug-likeness (QED) is 0.264. The predicted octanol–water partition coefficient (Wildman–Crippen LogP) is 6.49. The average Bonchev–Trinajstić information content (AvgIpc) is 3.47. The molecule has 198 valence electrons. The number of aliphatic hydroxyl groups is 1. The van der Waals surface area contributed by atoms with E-state index >= 15 is 0 Å². The molecule has 0 saturated carbocycles. The number of aryl methyl sites for hydroxylation is 2. The van der Waals surface area contributed by atoms with Gasteiger partial charge in [-0.2, -0.15) is 0 Å². The van der Waals surface area contributed by atoms with E-state index in [1.165, 1.54) is 0 Å². The number of rotatable bonds is 8. The third-order valence-electron chi connectivity index (χ3n) is 6.71.